The maximum Gasteiger partial charge on any atom is 0.303 e. The number of rotatable bonds is 18. The molecule has 5 rings (SSSR count). The number of methoxy groups -OCH3 is 1. The van der Waals surface area contributed by atoms with Gasteiger partial charge in [-0.25, -0.2) is 0 Å². The second-order valence-corrected chi connectivity index (χ2v) is 14.8. The fourth-order valence-corrected chi connectivity index (χ4v) is 8.17. The van der Waals surface area contributed by atoms with E-state index in [0.717, 1.165) is 16.7 Å². The summed E-state index contributed by atoms with van der Waals surface area (Å²) >= 11 is 1.18. The van der Waals surface area contributed by atoms with Gasteiger partial charge in [0.2, 0.25) is 0 Å². The average Bonchev–Trinajstić information content (AvgIpc) is 3.19. The highest BCUT2D eigenvalue weighted by Gasteiger charge is 2.56. The molecule has 10 atom stereocenters. The molecule has 0 saturated carbocycles. The lowest BCUT2D eigenvalue weighted by molar-refractivity contribution is -0.283. The van der Waals surface area contributed by atoms with E-state index in [9.17, 15) is 19.2 Å². The molecule has 15 heteroatoms. The Balaban J connectivity index is 1.56. The molecule has 308 valence electrons. The summed E-state index contributed by atoms with van der Waals surface area (Å²) in [5.74, 6) is -2.80. The van der Waals surface area contributed by atoms with Crippen molar-refractivity contribution in [2.75, 3.05) is 20.3 Å². The van der Waals surface area contributed by atoms with E-state index in [4.69, 9.17) is 47.4 Å². The van der Waals surface area contributed by atoms with Crippen LogP contribution in [0.2, 0.25) is 0 Å². The van der Waals surface area contributed by atoms with E-state index in [1.165, 1.54) is 46.6 Å². The molecule has 2 fully saturated rings. The maximum absolute atomic E-state index is 12.7. The van der Waals surface area contributed by atoms with Crippen molar-refractivity contribution in [2.24, 2.45) is 0 Å². The van der Waals surface area contributed by atoms with Crippen molar-refractivity contribution in [2.45, 2.75) is 107 Å². The van der Waals surface area contributed by atoms with Crippen LogP contribution in [0.3, 0.4) is 0 Å². The number of hydrogen-bond donors (Lipinski definition) is 0. The van der Waals surface area contributed by atoms with Crippen molar-refractivity contribution in [3.63, 3.8) is 0 Å². The Labute approximate surface area is 336 Å². The molecule has 2 saturated heterocycles. The van der Waals surface area contributed by atoms with Crippen LogP contribution in [-0.4, -0.2) is 104 Å². The van der Waals surface area contributed by atoms with Gasteiger partial charge in [0.05, 0.1) is 37.8 Å². The smallest absolute Gasteiger partial charge is 0.303 e. The van der Waals surface area contributed by atoms with E-state index < -0.39 is 83.6 Å². The molecule has 0 bridgehead atoms. The molecule has 0 radical (unpaired) electrons. The molecule has 2 aliphatic heterocycles. The lowest BCUT2D eigenvalue weighted by atomic mass is 9.99. The number of benzene rings is 3. The molecule has 3 aromatic carbocycles. The van der Waals surface area contributed by atoms with Crippen molar-refractivity contribution < 1.29 is 66.5 Å². The fraction of sp³-hybridized carbons (Fsp3) is 0.476. The minimum absolute atomic E-state index is 0.0638. The average molecular weight is 811 g/mol. The van der Waals surface area contributed by atoms with Gasteiger partial charge in [0.1, 0.15) is 30.4 Å². The largest absolute Gasteiger partial charge is 0.463 e. The number of hydrogen-bond acceptors (Lipinski definition) is 15. The Bertz CT molecular complexity index is 1710. The van der Waals surface area contributed by atoms with Crippen molar-refractivity contribution in [3.05, 3.63) is 108 Å². The van der Waals surface area contributed by atoms with Crippen LogP contribution in [0.1, 0.15) is 44.4 Å². The Morgan fingerprint density at radius 3 is 1.54 bits per heavy atom. The fourth-order valence-electron chi connectivity index (χ4n) is 6.59. The Morgan fingerprint density at radius 1 is 0.544 bits per heavy atom. The van der Waals surface area contributed by atoms with E-state index in [-0.39, 0.29) is 33.0 Å². The van der Waals surface area contributed by atoms with Crippen molar-refractivity contribution in [1.29, 1.82) is 0 Å². The van der Waals surface area contributed by atoms with Gasteiger partial charge in [-0.3, -0.25) is 19.2 Å². The Morgan fingerprint density at radius 2 is 1.04 bits per heavy atom. The number of carbonyl (C=O) groups is 4. The van der Waals surface area contributed by atoms with E-state index in [0.29, 0.717) is 0 Å². The first-order chi connectivity index (χ1) is 27.5. The number of esters is 4. The molecular formula is C42H50O14S. The summed E-state index contributed by atoms with van der Waals surface area (Å²) in [6.07, 6.45) is -8.39. The third-order valence-electron chi connectivity index (χ3n) is 9.03. The van der Waals surface area contributed by atoms with Gasteiger partial charge in [-0.1, -0.05) is 91.0 Å². The standard InChI is InChI=1S/C42H50O14S/c1-26(43)49-25-33-35(52-27(2)44)36(53-28(3)45)39(54-29(4)46)42(56-33)57-40-34(24-48-21-30-15-9-6-10-16-30)55-41(47-5)38(51-23-32-19-13-8-14-20-32)37(40)50-22-31-17-11-7-12-18-31/h6-20,33-42H,21-25H2,1-5H3/t33-,34-,35-,36+,37-,38-,39-,40-,41-,42+/m1/s1. The van der Waals surface area contributed by atoms with Crippen LogP contribution in [0, 0.1) is 0 Å². The molecule has 0 spiro atoms. The molecule has 2 heterocycles. The van der Waals surface area contributed by atoms with E-state index in [1.54, 1.807) is 0 Å². The quantitative estimate of drug-likeness (QED) is 0.126. The predicted octanol–water partition coefficient (Wildman–Crippen LogP) is 4.93. The van der Waals surface area contributed by atoms with E-state index in [2.05, 4.69) is 0 Å². The van der Waals surface area contributed by atoms with Gasteiger partial charge in [0.25, 0.3) is 0 Å². The van der Waals surface area contributed by atoms with Crippen LogP contribution in [0.15, 0.2) is 91.0 Å². The van der Waals surface area contributed by atoms with Crippen molar-refractivity contribution in [1.82, 2.24) is 0 Å². The van der Waals surface area contributed by atoms with Gasteiger partial charge < -0.3 is 47.4 Å². The van der Waals surface area contributed by atoms with Crippen LogP contribution < -0.4 is 0 Å². The second-order valence-electron chi connectivity index (χ2n) is 13.5. The maximum atomic E-state index is 12.7. The summed E-state index contributed by atoms with van der Waals surface area (Å²) < 4.78 is 61.2. The minimum Gasteiger partial charge on any atom is -0.463 e. The van der Waals surface area contributed by atoms with Gasteiger partial charge in [0.15, 0.2) is 24.6 Å². The van der Waals surface area contributed by atoms with E-state index in [1.807, 2.05) is 91.0 Å². The molecule has 14 nitrogen and oxygen atoms in total. The monoisotopic (exact) mass is 810 g/mol. The zero-order chi connectivity index (χ0) is 40.7. The molecule has 3 aromatic rings. The Kier molecular flexibility index (Phi) is 16.9. The van der Waals surface area contributed by atoms with Crippen molar-refractivity contribution in [3.8, 4) is 0 Å². The summed E-state index contributed by atoms with van der Waals surface area (Å²) in [6.45, 7) is 5.12. The van der Waals surface area contributed by atoms with Crippen LogP contribution in [0.4, 0.5) is 0 Å². The van der Waals surface area contributed by atoms with Gasteiger partial charge in [0, 0.05) is 34.8 Å². The highest BCUT2D eigenvalue weighted by molar-refractivity contribution is 8.00. The van der Waals surface area contributed by atoms with Gasteiger partial charge in [-0.15, -0.1) is 11.8 Å². The molecule has 0 aromatic heterocycles. The molecule has 0 unspecified atom stereocenters. The van der Waals surface area contributed by atoms with Gasteiger partial charge in [-0.2, -0.15) is 0 Å². The van der Waals surface area contributed by atoms with Crippen LogP contribution in [0.5, 0.6) is 0 Å². The van der Waals surface area contributed by atoms with Crippen LogP contribution >= 0.6 is 11.8 Å². The molecule has 57 heavy (non-hydrogen) atoms. The Hall–Kier alpha value is -4.35. The topological polar surface area (TPSA) is 161 Å². The van der Waals surface area contributed by atoms with Crippen molar-refractivity contribution >= 4 is 35.6 Å². The molecular weight excluding hydrogens is 761 g/mol. The van der Waals surface area contributed by atoms with Gasteiger partial charge >= 0.3 is 23.9 Å². The van der Waals surface area contributed by atoms with E-state index >= 15 is 0 Å². The zero-order valence-corrected chi connectivity index (χ0v) is 33.4. The summed E-state index contributed by atoms with van der Waals surface area (Å²) in [5.41, 5.74) is 1.62. The summed E-state index contributed by atoms with van der Waals surface area (Å²) in [6, 6.07) is 28.9. The van der Waals surface area contributed by atoms with Gasteiger partial charge in [-0.05, 0) is 16.7 Å². The first-order valence-electron chi connectivity index (χ1n) is 18.6. The predicted molar refractivity (Wildman–Crippen MR) is 205 cm³/mol. The second kappa shape index (κ2) is 22.0. The number of carbonyl (C=O) groups excluding carboxylic acids is 4. The summed E-state index contributed by atoms with van der Waals surface area (Å²) in [7, 11) is 1.52. The lowest BCUT2D eigenvalue weighted by Gasteiger charge is -2.49. The summed E-state index contributed by atoms with van der Waals surface area (Å²) in [5, 5.41) is -0.697. The normalized spacial score (nSPS) is 27.2. The summed E-state index contributed by atoms with van der Waals surface area (Å²) in [4.78, 5) is 49.7. The van der Waals surface area contributed by atoms with Crippen LogP contribution in [-0.2, 0) is 86.4 Å². The first kappa shape index (κ1) is 43.8. The highest BCUT2D eigenvalue weighted by atomic mass is 32.2. The van der Waals surface area contributed by atoms with Crippen LogP contribution in [0.25, 0.3) is 0 Å². The number of ether oxygens (including phenoxy) is 10. The lowest BCUT2D eigenvalue weighted by Crippen LogP contribution is -2.64. The third kappa shape index (κ3) is 13.1. The molecule has 2 aliphatic rings. The molecule has 0 aliphatic carbocycles. The highest BCUT2D eigenvalue weighted by Crippen LogP contribution is 2.42. The molecule has 0 N–H and O–H groups in total. The minimum atomic E-state index is -1.36. The SMILES string of the molecule is CO[C@@H]1O[C@H](COCc2ccccc2)[C@@H](S[C@@H]2O[C@H](COC(C)=O)[C@@H](OC(C)=O)[C@H](OC(C)=O)[C@H]2OC(C)=O)[C@H](OCc2ccccc2)[C@H]1OCc1ccccc1. The first-order valence-corrected chi connectivity index (χ1v) is 19.5. The third-order valence-corrected chi connectivity index (χ3v) is 10.6. The molecule has 0 amide bonds. The number of thioether (sulfide) groups is 1. The zero-order valence-electron chi connectivity index (χ0n) is 32.6.